The maximum atomic E-state index is 12.1. The van der Waals surface area contributed by atoms with E-state index in [-0.39, 0.29) is 18.3 Å². The highest BCUT2D eigenvalue weighted by atomic mass is 32.1. The molecule has 0 radical (unpaired) electrons. The third kappa shape index (κ3) is 4.95. The van der Waals surface area contributed by atoms with Crippen LogP contribution in [0.4, 0.5) is 18.3 Å². The van der Waals surface area contributed by atoms with E-state index >= 15 is 0 Å². The summed E-state index contributed by atoms with van der Waals surface area (Å²) in [6.45, 7) is -0.251. The van der Waals surface area contributed by atoms with Gasteiger partial charge in [-0.2, -0.15) is 22.5 Å². The summed E-state index contributed by atoms with van der Waals surface area (Å²) in [5.41, 5.74) is 0. The van der Waals surface area contributed by atoms with Gasteiger partial charge < -0.3 is 15.2 Å². The van der Waals surface area contributed by atoms with E-state index in [0.29, 0.717) is 11.5 Å². The van der Waals surface area contributed by atoms with Crippen molar-refractivity contribution in [2.75, 3.05) is 25.1 Å². The van der Waals surface area contributed by atoms with Gasteiger partial charge in [-0.05, 0) is 0 Å². The normalized spacial score (nSPS) is 11.5. The second-order valence-electron chi connectivity index (χ2n) is 2.79. The number of aliphatic carboxylic acids is 1. The molecule has 0 aliphatic rings. The Kier molecular flexibility index (Phi) is 4.63. The van der Waals surface area contributed by atoms with Gasteiger partial charge in [0.25, 0.3) is 0 Å². The van der Waals surface area contributed by atoms with Gasteiger partial charge in [-0.3, -0.25) is 0 Å². The van der Waals surface area contributed by atoms with E-state index < -0.39 is 24.6 Å². The number of nitrogens with one attached hydrogen (secondary N) is 1. The van der Waals surface area contributed by atoms with Gasteiger partial charge in [0.05, 0.1) is 6.61 Å². The highest BCUT2D eigenvalue weighted by Crippen LogP contribution is 2.28. The molecule has 6 nitrogen and oxygen atoms in total. The minimum absolute atomic E-state index is 0.0104. The van der Waals surface area contributed by atoms with Gasteiger partial charge in [0.2, 0.25) is 11.0 Å². The molecule has 0 amide bonds. The van der Waals surface area contributed by atoms with E-state index in [1.807, 2.05) is 0 Å². The number of hydrogen-bond acceptors (Lipinski definition) is 6. The summed E-state index contributed by atoms with van der Waals surface area (Å²) in [6, 6.07) is 0. The zero-order chi connectivity index (χ0) is 12.9. The average Bonchev–Trinajstić information content (AvgIpc) is 2.64. The highest BCUT2D eigenvalue weighted by Gasteiger charge is 2.36. The molecule has 0 unspecified atom stereocenters. The van der Waals surface area contributed by atoms with Gasteiger partial charge in [0.15, 0.2) is 0 Å². The first-order valence-corrected chi connectivity index (χ1v) is 5.11. The van der Waals surface area contributed by atoms with Crippen LogP contribution < -0.4 is 5.32 Å². The van der Waals surface area contributed by atoms with E-state index in [4.69, 9.17) is 5.11 Å². The van der Waals surface area contributed by atoms with Crippen LogP contribution in [0.5, 0.6) is 0 Å². The molecule has 96 valence electrons. The van der Waals surface area contributed by atoms with Gasteiger partial charge in [-0.1, -0.05) is 0 Å². The second-order valence-corrected chi connectivity index (χ2v) is 3.55. The number of rotatable bonds is 6. The Bertz CT molecular complexity index is 382. The predicted octanol–water partition coefficient (Wildman–Crippen LogP) is 1.07. The summed E-state index contributed by atoms with van der Waals surface area (Å²) >= 11 is 0.577. The fraction of sp³-hybridized carbons (Fsp3) is 0.571. The van der Waals surface area contributed by atoms with E-state index in [9.17, 15) is 18.0 Å². The van der Waals surface area contributed by atoms with E-state index in [2.05, 4.69) is 19.4 Å². The predicted molar refractivity (Wildman–Crippen MR) is 51.9 cm³/mol. The van der Waals surface area contributed by atoms with Crippen LogP contribution in [0.15, 0.2) is 0 Å². The monoisotopic (exact) mass is 271 g/mol. The molecule has 0 bridgehead atoms. The van der Waals surface area contributed by atoms with Gasteiger partial charge in [0.1, 0.15) is 6.61 Å². The lowest BCUT2D eigenvalue weighted by atomic mass is 10.6. The molecular formula is C7H8F3N3O3S. The molecule has 0 fully saturated rings. The Hall–Kier alpha value is -1.42. The summed E-state index contributed by atoms with van der Waals surface area (Å²) in [6.07, 6.45) is -4.56. The first kappa shape index (κ1) is 13.6. The first-order valence-electron chi connectivity index (χ1n) is 4.34. The average molecular weight is 271 g/mol. The fourth-order valence-corrected chi connectivity index (χ4v) is 1.41. The number of alkyl halides is 3. The summed E-state index contributed by atoms with van der Waals surface area (Å²) in [5.74, 6) is -2.31. The molecular weight excluding hydrogens is 263 g/mol. The second kappa shape index (κ2) is 5.77. The number of halogens is 3. The largest absolute Gasteiger partial charge is 0.480 e. The Morgan fingerprint density at radius 3 is 2.76 bits per heavy atom. The molecule has 1 aromatic rings. The molecule has 0 spiro atoms. The van der Waals surface area contributed by atoms with Crippen LogP contribution >= 0.6 is 11.5 Å². The molecule has 10 heteroatoms. The van der Waals surface area contributed by atoms with Crippen molar-refractivity contribution < 1.29 is 27.8 Å². The number of aromatic nitrogens is 2. The summed E-state index contributed by atoms with van der Waals surface area (Å²) < 4.78 is 44.1. The number of hydrogen-bond donors (Lipinski definition) is 2. The topological polar surface area (TPSA) is 84.3 Å². The lowest BCUT2D eigenvalue weighted by Crippen LogP contribution is -2.14. The Morgan fingerprint density at radius 2 is 2.24 bits per heavy atom. The molecule has 1 aromatic heterocycles. The highest BCUT2D eigenvalue weighted by molar-refractivity contribution is 7.09. The zero-order valence-electron chi connectivity index (χ0n) is 8.32. The van der Waals surface area contributed by atoms with Crippen molar-refractivity contribution in [2.24, 2.45) is 0 Å². The van der Waals surface area contributed by atoms with Crippen LogP contribution in [0, 0.1) is 0 Å². The standard InChI is InChI=1S/C7H8F3N3O3S/c8-7(9,10)5-12-6(17-13-5)11-1-2-16-3-4(14)15/h1-3H2,(H,14,15)(H,11,12,13). The molecule has 0 saturated heterocycles. The van der Waals surface area contributed by atoms with Gasteiger partial charge in [0, 0.05) is 18.1 Å². The maximum absolute atomic E-state index is 12.1. The fourth-order valence-electron chi connectivity index (χ4n) is 0.800. The number of nitrogens with zero attached hydrogens (tertiary/aromatic N) is 2. The lowest BCUT2D eigenvalue weighted by molar-refractivity contribution is -0.144. The zero-order valence-corrected chi connectivity index (χ0v) is 9.14. The maximum Gasteiger partial charge on any atom is 0.452 e. The van der Waals surface area contributed by atoms with Crippen molar-refractivity contribution in [3.05, 3.63) is 5.82 Å². The Balaban J connectivity index is 2.28. The minimum atomic E-state index is -4.56. The third-order valence-corrected chi connectivity index (χ3v) is 2.10. The lowest BCUT2D eigenvalue weighted by Gasteiger charge is -2.02. The number of anilines is 1. The number of carboxylic acid groups (broad SMARTS) is 1. The molecule has 0 aliphatic carbocycles. The molecule has 1 heterocycles. The first-order chi connectivity index (χ1) is 7.89. The van der Waals surface area contributed by atoms with Crippen molar-refractivity contribution in [3.8, 4) is 0 Å². The van der Waals surface area contributed by atoms with E-state index in [1.54, 1.807) is 0 Å². The van der Waals surface area contributed by atoms with Crippen molar-refractivity contribution in [3.63, 3.8) is 0 Å². The SMILES string of the molecule is O=C(O)COCCNc1nc(C(F)(F)F)ns1. The van der Waals surface area contributed by atoms with E-state index in [1.165, 1.54) is 0 Å². The van der Waals surface area contributed by atoms with Crippen LogP contribution in [0.25, 0.3) is 0 Å². The number of ether oxygens (including phenoxy) is 1. The Labute approximate surface area is 97.6 Å². The molecule has 0 atom stereocenters. The minimum Gasteiger partial charge on any atom is -0.480 e. The third-order valence-electron chi connectivity index (χ3n) is 1.43. The number of carboxylic acids is 1. The van der Waals surface area contributed by atoms with Crippen LogP contribution in [0.2, 0.25) is 0 Å². The van der Waals surface area contributed by atoms with Crippen molar-refractivity contribution >= 4 is 22.6 Å². The van der Waals surface area contributed by atoms with Gasteiger partial charge in [-0.15, -0.1) is 0 Å². The summed E-state index contributed by atoms with van der Waals surface area (Å²) in [7, 11) is 0. The van der Waals surface area contributed by atoms with Crippen molar-refractivity contribution in [1.82, 2.24) is 9.36 Å². The molecule has 0 aliphatic heterocycles. The number of carbonyl (C=O) groups is 1. The van der Waals surface area contributed by atoms with E-state index in [0.717, 1.165) is 0 Å². The van der Waals surface area contributed by atoms with Crippen LogP contribution in [0.3, 0.4) is 0 Å². The smallest absolute Gasteiger partial charge is 0.452 e. The van der Waals surface area contributed by atoms with Crippen molar-refractivity contribution in [2.45, 2.75) is 6.18 Å². The summed E-state index contributed by atoms with van der Waals surface area (Å²) in [4.78, 5) is 13.3. The molecule has 17 heavy (non-hydrogen) atoms. The van der Waals surface area contributed by atoms with Crippen molar-refractivity contribution in [1.29, 1.82) is 0 Å². The molecule has 0 aromatic carbocycles. The molecule has 0 saturated carbocycles. The van der Waals surface area contributed by atoms with Crippen LogP contribution in [-0.4, -0.2) is 40.2 Å². The molecule has 1 rings (SSSR count). The Morgan fingerprint density at radius 1 is 1.53 bits per heavy atom. The van der Waals surface area contributed by atoms with Gasteiger partial charge in [-0.25, -0.2) is 4.79 Å². The quantitative estimate of drug-likeness (QED) is 0.753. The van der Waals surface area contributed by atoms with Gasteiger partial charge >= 0.3 is 12.1 Å². The van der Waals surface area contributed by atoms with Crippen LogP contribution in [-0.2, 0) is 15.7 Å². The van der Waals surface area contributed by atoms with Crippen LogP contribution in [0.1, 0.15) is 5.82 Å². The molecule has 2 N–H and O–H groups in total. The summed E-state index contributed by atoms with van der Waals surface area (Å²) in [5, 5.41) is 10.8.